The third-order valence-corrected chi connectivity index (χ3v) is 29.0. The lowest BCUT2D eigenvalue weighted by molar-refractivity contribution is 0.600. The first kappa shape index (κ1) is 30.7. The Kier molecular flexibility index (Phi) is 28.3. The van der Waals surface area contributed by atoms with E-state index in [1.807, 2.05) is 0 Å². The Morgan fingerprint density at radius 1 is 0.367 bits per heavy atom. The van der Waals surface area contributed by atoms with E-state index in [0.717, 1.165) is 0 Å². The molecule has 0 bridgehead atoms. The Morgan fingerprint density at radius 2 is 0.667 bits per heavy atom. The second-order valence-electron chi connectivity index (χ2n) is 10.3. The zero-order chi connectivity index (χ0) is 22.0. The van der Waals surface area contributed by atoms with Crippen molar-refractivity contribution in [2.24, 2.45) is 0 Å². The van der Waals surface area contributed by atoms with Gasteiger partial charge >= 0.3 is 0 Å². The van der Waals surface area contributed by atoms with Crippen molar-refractivity contribution >= 4 is 25.9 Å². The summed E-state index contributed by atoms with van der Waals surface area (Å²) in [5.74, 6) is 0. The van der Waals surface area contributed by atoms with Crippen LogP contribution in [0.4, 0.5) is 0 Å². The zero-order valence-electron chi connectivity index (χ0n) is 22.0. The van der Waals surface area contributed by atoms with Crippen LogP contribution in [-0.4, -0.2) is 25.9 Å². The van der Waals surface area contributed by atoms with Crippen molar-refractivity contribution in [2.45, 2.75) is 174 Å². The normalized spacial score (nSPS) is 13.3. The summed E-state index contributed by atoms with van der Waals surface area (Å²) < 4.78 is 0. The number of rotatable bonds is 26. The minimum atomic E-state index is -0.161. The molecule has 3 heteroatoms. The molecule has 0 spiro atoms. The first-order valence-corrected chi connectivity index (χ1v) is 24.2. The maximum absolute atomic E-state index is 2.34. The van der Waals surface area contributed by atoms with E-state index < -0.39 is 0 Å². The van der Waals surface area contributed by atoms with Gasteiger partial charge < -0.3 is 0 Å². The first-order valence-electron chi connectivity index (χ1n) is 14.8. The highest BCUT2D eigenvalue weighted by molar-refractivity contribution is 7.39. The summed E-state index contributed by atoms with van der Waals surface area (Å²) in [7, 11) is 0.607. The Hall–Kier alpha value is 0.651. The van der Waals surface area contributed by atoms with E-state index in [1.54, 1.807) is 63.1 Å². The molecule has 0 rings (SSSR count). The van der Waals surface area contributed by atoms with Crippen molar-refractivity contribution in [1.29, 1.82) is 0 Å². The Labute approximate surface area is 199 Å². The van der Waals surface area contributed by atoms with Gasteiger partial charge in [0.25, 0.3) is 0 Å². The minimum Gasteiger partial charge on any atom is -0.0654 e. The van der Waals surface area contributed by atoms with Gasteiger partial charge in [0.15, 0.2) is 0 Å². The SMILES string of the molecule is CCCCCCCCC[SiH2][SiH](CCCCCCCCC)[SiH2]CCCCCCCCC. The second-order valence-corrected chi connectivity index (χ2v) is 29.0. The number of hydrogen-bond donors (Lipinski definition) is 0. The van der Waals surface area contributed by atoms with Crippen LogP contribution in [0.15, 0.2) is 0 Å². The van der Waals surface area contributed by atoms with Crippen molar-refractivity contribution < 1.29 is 0 Å². The summed E-state index contributed by atoms with van der Waals surface area (Å²) in [5, 5.41) is 0. The lowest BCUT2D eigenvalue weighted by Gasteiger charge is -2.15. The highest BCUT2D eigenvalue weighted by Gasteiger charge is 2.11. The molecule has 0 aromatic heterocycles. The molecule has 0 aromatic rings. The third-order valence-electron chi connectivity index (χ3n) is 7.15. The smallest absolute Gasteiger partial charge is 0.0128 e. The van der Waals surface area contributed by atoms with Gasteiger partial charge in [0.2, 0.25) is 0 Å². The van der Waals surface area contributed by atoms with Crippen molar-refractivity contribution in [1.82, 2.24) is 0 Å². The summed E-state index contributed by atoms with van der Waals surface area (Å²) in [4.78, 5) is 0. The highest BCUT2D eigenvalue weighted by Crippen LogP contribution is 2.14. The third kappa shape index (κ3) is 24.9. The van der Waals surface area contributed by atoms with Gasteiger partial charge in [-0.3, -0.25) is 0 Å². The molecular weight excluding hydrogens is 409 g/mol. The van der Waals surface area contributed by atoms with Gasteiger partial charge in [-0.25, -0.2) is 0 Å². The van der Waals surface area contributed by atoms with Crippen LogP contribution < -0.4 is 0 Å². The van der Waals surface area contributed by atoms with Crippen molar-refractivity contribution in [3.63, 3.8) is 0 Å². The fraction of sp³-hybridized carbons (Fsp3) is 1.00. The molecule has 0 radical (unpaired) electrons. The Bertz CT molecular complexity index is 276. The fourth-order valence-electron chi connectivity index (χ4n) is 4.96. The average molecular weight is 471 g/mol. The maximum Gasteiger partial charge on any atom is 0.0128 e. The fourth-order valence-corrected chi connectivity index (χ4v) is 26.4. The summed E-state index contributed by atoms with van der Waals surface area (Å²) in [6, 6.07) is 5.27. The van der Waals surface area contributed by atoms with Crippen LogP contribution in [0, 0.1) is 0 Å². The van der Waals surface area contributed by atoms with Crippen LogP contribution in [-0.2, 0) is 0 Å². The van der Waals surface area contributed by atoms with E-state index in [4.69, 9.17) is 0 Å². The highest BCUT2D eigenvalue weighted by atomic mass is 29.6. The largest absolute Gasteiger partial charge is 0.0654 e. The molecule has 0 aromatic carbocycles. The van der Waals surface area contributed by atoms with E-state index in [9.17, 15) is 0 Å². The summed E-state index contributed by atoms with van der Waals surface area (Å²) in [6.07, 6.45) is 31.8. The van der Waals surface area contributed by atoms with Crippen molar-refractivity contribution in [3.8, 4) is 0 Å². The van der Waals surface area contributed by atoms with E-state index >= 15 is 0 Å². The molecule has 0 heterocycles. The number of hydrogen-bond acceptors (Lipinski definition) is 0. The van der Waals surface area contributed by atoms with Crippen LogP contribution in [0.2, 0.25) is 18.1 Å². The molecule has 182 valence electrons. The predicted octanol–water partition coefficient (Wildman–Crippen LogP) is 8.63. The van der Waals surface area contributed by atoms with Gasteiger partial charge in [0.05, 0.1) is 0 Å². The van der Waals surface area contributed by atoms with Crippen molar-refractivity contribution in [3.05, 3.63) is 0 Å². The molecule has 0 aliphatic carbocycles. The van der Waals surface area contributed by atoms with Gasteiger partial charge in [-0.1, -0.05) is 174 Å². The second kappa shape index (κ2) is 27.7. The average Bonchev–Trinajstić information content (AvgIpc) is 2.76. The van der Waals surface area contributed by atoms with Gasteiger partial charge in [-0.15, -0.1) is 0 Å². The predicted molar refractivity (Wildman–Crippen MR) is 153 cm³/mol. The van der Waals surface area contributed by atoms with Gasteiger partial charge in [0.1, 0.15) is 0 Å². The molecule has 0 saturated heterocycles. The molecule has 0 nitrogen and oxygen atoms in total. The lowest BCUT2D eigenvalue weighted by Crippen LogP contribution is -2.30. The van der Waals surface area contributed by atoms with E-state index in [-0.39, 0.29) is 7.83 Å². The Balaban J connectivity index is 3.81. The number of unbranched alkanes of at least 4 members (excludes halogenated alkanes) is 18. The Morgan fingerprint density at radius 3 is 1.03 bits per heavy atom. The van der Waals surface area contributed by atoms with E-state index in [2.05, 4.69) is 20.8 Å². The molecule has 0 atom stereocenters. The molecule has 0 amide bonds. The zero-order valence-corrected chi connectivity index (χ0v) is 25.9. The topological polar surface area (TPSA) is 0 Å². The molecular formula is C27H62Si3. The standard InChI is InChI=1S/C27H62Si3/c1-4-7-10-13-16-19-22-25-28-30(27-24-21-18-15-12-9-6-3)29-26-23-20-17-14-11-8-5-2/h30H,4-29H2,1-3H3. The van der Waals surface area contributed by atoms with Gasteiger partial charge in [-0.05, 0) is 0 Å². The molecule has 30 heavy (non-hydrogen) atoms. The molecule has 0 N–H and O–H groups in total. The van der Waals surface area contributed by atoms with Crippen LogP contribution in [0.25, 0.3) is 0 Å². The summed E-state index contributed by atoms with van der Waals surface area (Å²) in [6.45, 7) is 7.00. The van der Waals surface area contributed by atoms with Crippen LogP contribution >= 0.6 is 0 Å². The minimum absolute atomic E-state index is 0.161. The molecule has 0 unspecified atom stereocenters. The first-order chi connectivity index (χ1) is 14.8. The maximum atomic E-state index is 2.34. The van der Waals surface area contributed by atoms with Gasteiger partial charge in [-0.2, -0.15) is 0 Å². The van der Waals surface area contributed by atoms with E-state index in [1.165, 1.54) is 89.9 Å². The van der Waals surface area contributed by atoms with E-state index in [0.29, 0.717) is 18.1 Å². The molecule has 0 aliphatic rings. The van der Waals surface area contributed by atoms with Crippen LogP contribution in [0.3, 0.4) is 0 Å². The van der Waals surface area contributed by atoms with Crippen LogP contribution in [0.5, 0.6) is 0 Å². The van der Waals surface area contributed by atoms with Crippen molar-refractivity contribution in [2.75, 3.05) is 0 Å². The summed E-state index contributed by atoms with van der Waals surface area (Å²) in [5.41, 5.74) is 0. The lowest BCUT2D eigenvalue weighted by atomic mass is 10.1. The van der Waals surface area contributed by atoms with Crippen LogP contribution in [0.1, 0.15) is 156 Å². The monoisotopic (exact) mass is 470 g/mol. The molecule has 0 aliphatic heterocycles. The molecule has 0 fully saturated rings. The van der Waals surface area contributed by atoms with Gasteiger partial charge in [0, 0.05) is 25.9 Å². The quantitative estimate of drug-likeness (QED) is 0.0876. The summed E-state index contributed by atoms with van der Waals surface area (Å²) >= 11 is 0. The molecule has 0 saturated carbocycles.